The molecule has 1 aromatic heterocycles. The molecule has 0 radical (unpaired) electrons. The first-order valence-corrected chi connectivity index (χ1v) is 6.84. The maximum Gasteiger partial charge on any atom is 0.336 e. The van der Waals surface area contributed by atoms with Crippen LogP contribution in [-0.4, -0.2) is 16.1 Å². The zero-order valence-corrected chi connectivity index (χ0v) is 11.5. The number of fused-ring (bicyclic) bond motifs is 2. The van der Waals surface area contributed by atoms with E-state index in [0.717, 1.165) is 17.7 Å². The Labute approximate surface area is 116 Å². The SMILES string of the molecule is CC1CCc2c(nc3ccc(F)cc3c2C(=O)O)C1C. The van der Waals surface area contributed by atoms with E-state index in [9.17, 15) is 14.3 Å². The molecule has 104 valence electrons. The van der Waals surface area contributed by atoms with E-state index in [1.165, 1.54) is 12.1 Å². The van der Waals surface area contributed by atoms with Crippen LogP contribution in [0.3, 0.4) is 0 Å². The molecule has 3 nitrogen and oxygen atoms in total. The fourth-order valence-electron chi connectivity index (χ4n) is 3.06. The summed E-state index contributed by atoms with van der Waals surface area (Å²) in [5, 5.41) is 9.93. The van der Waals surface area contributed by atoms with Crippen molar-refractivity contribution >= 4 is 16.9 Å². The third-order valence-electron chi connectivity index (χ3n) is 4.43. The van der Waals surface area contributed by atoms with E-state index < -0.39 is 11.8 Å². The summed E-state index contributed by atoms with van der Waals surface area (Å²) >= 11 is 0. The quantitative estimate of drug-likeness (QED) is 0.860. The van der Waals surface area contributed by atoms with Crippen molar-refractivity contribution in [3.05, 3.63) is 40.8 Å². The number of hydrogen-bond donors (Lipinski definition) is 1. The highest BCUT2D eigenvalue weighted by Gasteiger charge is 2.29. The lowest BCUT2D eigenvalue weighted by molar-refractivity contribution is 0.0697. The third kappa shape index (κ3) is 1.87. The van der Waals surface area contributed by atoms with E-state index in [4.69, 9.17) is 0 Å². The molecule has 0 spiro atoms. The van der Waals surface area contributed by atoms with Gasteiger partial charge in [0.2, 0.25) is 0 Å². The van der Waals surface area contributed by atoms with E-state index >= 15 is 0 Å². The largest absolute Gasteiger partial charge is 0.478 e. The van der Waals surface area contributed by atoms with Gasteiger partial charge in [-0.05, 0) is 42.5 Å². The fourth-order valence-corrected chi connectivity index (χ4v) is 3.06. The maximum atomic E-state index is 13.4. The molecule has 0 aliphatic heterocycles. The topological polar surface area (TPSA) is 50.2 Å². The molecular formula is C16H16FNO2. The lowest BCUT2D eigenvalue weighted by Gasteiger charge is -2.29. The van der Waals surface area contributed by atoms with Crippen molar-refractivity contribution in [2.24, 2.45) is 5.92 Å². The van der Waals surface area contributed by atoms with Crippen LogP contribution < -0.4 is 0 Å². The van der Waals surface area contributed by atoms with Crippen LogP contribution in [0.2, 0.25) is 0 Å². The van der Waals surface area contributed by atoms with Gasteiger partial charge in [-0.2, -0.15) is 0 Å². The number of halogens is 1. The molecule has 2 unspecified atom stereocenters. The first-order chi connectivity index (χ1) is 9.49. The smallest absolute Gasteiger partial charge is 0.336 e. The Hall–Kier alpha value is -1.97. The van der Waals surface area contributed by atoms with Crippen LogP contribution in [0.5, 0.6) is 0 Å². The standard InChI is InChI=1S/C16H16FNO2/c1-8-3-5-11-14(16(19)20)12-7-10(17)4-6-13(12)18-15(11)9(8)2/h4,6-9H,3,5H2,1-2H3,(H,19,20). The van der Waals surface area contributed by atoms with Gasteiger partial charge < -0.3 is 5.11 Å². The fraction of sp³-hybridized carbons (Fsp3) is 0.375. The van der Waals surface area contributed by atoms with E-state index in [-0.39, 0.29) is 11.5 Å². The van der Waals surface area contributed by atoms with Gasteiger partial charge in [0.15, 0.2) is 0 Å². The average molecular weight is 273 g/mol. The molecule has 1 aliphatic rings. The van der Waals surface area contributed by atoms with Crippen LogP contribution in [0.1, 0.15) is 47.8 Å². The number of carboxylic acids is 1. The predicted molar refractivity (Wildman–Crippen MR) is 74.6 cm³/mol. The summed E-state index contributed by atoms with van der Waals surface area (Å²) in [5.41, 5.74) is 2.42. The molecule has 1 heterocycles. The third-order valence-corrected chi connectivity index (χ3v) is 4.43. The van der Waals surface area contributed by atoms with Crippen molar-refractivity contribution in [3.63, 3.8) is 0 Å². The second-order valence-electron chi connectivity index (χ2n) is 5.62. The van der Waals surface area contributed by atoms with Crippen molar-refractivity contribution < 1.29 is 14.3 Å². The van der Waals surface area contributed by atoms with Crippen LogP contribution in [0.4, 0.5) is 4.39 Å². The Morgan fingerprint density at radius 1 is 1.40 bits per heavy atom. The van der Waals surface area contributed by atoms with E-state index in [2.05, 4.69) is 18.8 Å². The second kappa shape index (κ2) is 4.54. The normalized spacial score (nSPS) is 21.8. The van der Waals surface area contributed by atoms with Gasteiger partial charge in [0.1, 0.15) is 5.82 Å². The molecule has 20 heavy (non-hydrogen) atoms. The zero-order valence-electron chi connectivity index (χ0n) is 11.5. The molecule has 1 N–H and O–H groups in total. The minimum absolute atomic E-state index is 0.225. The Morgan fingerprint density at radius 2 is 2.15 bits per heavy atom. The summed E-state index contributed by atoms with van der Waals surface area (Å²) in [6.45, 7) is 4.24. The predicted octanol–water partition coefficient (Wildman–Crippen LogP) is 3.76. The number of aromatic carboxylic acids is 1. The minimum Gasteiger partial charge on any atom is -0.478 e. The van der Waals surface area contributed by atoms with Gasteiger partial charge in [-0.25, -0.2) is 9.18 Å². The van der Waals surface area contributed by atoms with Crippen LogP contribution in [0, 0.1) is 11.7 Å². The highest BCUT2D eigenvalue weighted by molar-refractivity contribution is 6.04. The molecule has 4 heteroatoms. The maximum absolute atomic E-state index is 13.4. The van der Waals surface area contributed by atoms with Crippen LogP contribution in [-0.2, 0) is 6.42 Å². The molecule has 1 aliphatic carbocycles. The van der Waals surface area contributed by atoms with Gasteiger partial charge in [-0.15, -0.1) is 0 Å². The minimum atomic E-state index is -0.999. The Balaban J connectivity index is 2.39. The molecule has 3 rings (SSSR count). The number of carboxylic acid groups (broad SMARTS) is 1. The van der Waals surface area contributed by atoms with Gasteiger partial charge in [0.05, 0.1) is 11.1 Å². The molecule has 1 aromatic carbocycles. The molecular weight excluding hydrogens is 257 g/mol. The first-order valence-electron chi connectivity index (χ1n) is 6.84. The molecule has 0 saturated heterocycles. The van der Waals surface area contributed by atoms with Gasteiger partial charge in [0, 0.05) is 17.0 Å². The second-order valence-corrected chi connectivity index (χ2v) is 5.62. The monoisotopic (exact) mass is 273 g/mol. The average Bonchev–Trinajstić information content (AvgIpc) is 2.40. The van der Waals surface area contributed by atoms with Crippen LogP contribution in [0.15, 0.2) is 18.2 Å². The lowest BCUT2D eigenvalue weighted by atomic mass is 9.78. The number of hydrogen-bond acceptors (Lipinski definition) is 2. The molecule has 2 atom stereocenters. The van der Waals surface area contributed by atoms with Crippen molar-refractivity contribution in [2.45, 2.75) is 32.6 Å². The van der Waals surface area contributed by atoms with Crippen LogP contribution >= 0.6 is 0 Å². The summed E-state index contributed by atoms with van der Waals surface area (Å²) in [6.07, 6.45) is 1.64. The summed E-state index contributed by atoms with van der Waals surface area (Å²) in [6, 6.07) is 4.16. The van der Waals surface area contributed by atoms with E-state index in [1.807, 2.05) is 0 Å². The van der Waals surface area contributed by atoms with Crippen molar-refractivity contribution in [1.29, 1.82) is 0 Å². The highest BCUT2D eigenvalue weighted by Crippen LogP contribution is 2.38. The number of carbonyl (C=O) groups is 1. The van der Waals surface area contributed by atoms with Gasteiger partial charge in [-0.3, -0.25) is 4.98 Å². The summed E-state index contributed by atoms with van der Waals surface area (Å²) in [7, 11) is 0. The number of rotatable bonds is 1. The summed E-state index contributed by atoms with van der Waals surface area (Å²) in [5.74, 6) is -0.721. The molecule has 0 fully saturated rings. The molecule has 2 aromatic rings. The zero-order chi connectivity index (χ0) is 14.4. The van der Waals surface area contributed by atoms with Crippen molar-refractivity contribution in [1.82, 2.24) is 4.98 Å². The molecule has 0 amide bonds. The van der Waals surface area contributed by atoms with Gasteiger partial charge in [0.25, 0.3) is 0 Å². The lowest BCUT2D eigenvalue weighted by Crippen LogP contribution is -2.21. The number of benzene rings is 1. The number of aromatic nitrogens is 1. The van der Waals surface area contributed by atoms with Gasteiger partial charge >= 0.3 is 5.97 Å². The van der Waals surface area contributed by atoms with Gasteiger partial charge in [-0.1, -0.05) is 13.8 Å². The number of pyridine rings is 1. The Kier molecular flexibility index (Phi) is 2.96. The van der Waals surface area contributed by atoms with Crippen molar-refractivity contribution in [2.75, 3.05) is 0 Å². The Bertz CT molecular complexity index is 711. The van der Waals surface area contributed by atoms with Crippen molar-refractivity contribution in [3.8, 4) is 0 Å². The summed E-state index contributed by atoms with van der Waals surface area (Å²) in [4.78, 5) is 16.2. The molecule has 0 saturated carbocycles. The highest BCUT2D eigenvalue weighted by atomic mass is 19.1. The molecule has 0 bridgehead atoms. The van der Waals surface area contributed by atoms with E-state index in [1.54, 1.807) is 6.07 Å². The van der Waals surface area contributed by atoms with E-state index in [0.29, 0.717) is 23.2 Å². The number of nitrogens with zero attached hydrogens (tertiary/aromatic N) is 1. The Morgan fingerprint density at radius 3 is 2.85 bits per heavy atom. The van der Waals surface area contributed by atoms with Crippen LogP contribution in [0.25, 0.3) is 10.9 Å². The first kappa shape index (κ1) is 13.0. The summed E-state index contributed by atoms with van der Waals surface area (Å²) < 4.78 is 13.4.